The number of piperazine rings is 1. The smallest absolute Gasteiger partial charge is 0.317 e. The second-order valence-corrected chi connectivity index (χ2v) is 12.6. The van der Waals surface area contributed by atoms with Crippen molar-refractivity contribution >= 4 is 11.9 Å². The van der Waals surface area contributed by atoms with Gasteiger partial charge >= 0.3 is 6.03 Å². The fourth-order valence-electron chi connectivity index (χ4n) is 6.69. The zero-order valence-corrected chi connectivity index (χ0v) is 25.4. The quantitative estimate of drug-likeness (QED) is 0.233. The Kier molecular flexibility index (Phi) is 10.9. The van der Waals surface area contributed by atoms with E-state index in [0.29, 0.717) is 36.5 Å². The van der Waals surface area contributed by atoms with Crippen molar-refractivity contribution in [2.24, 2.45) is 17.3 Å². The minimum absolute atomic E-state index is 0.0713. The summed E-state index contributed by atoms with van der Waals surface area (Å²) in [4.78, 5) is 32.7. The van der Waals surface area contributed by atoms with Crippen LogP contribution in [0, 0.1) is 17.3 Å². The van der Waals surface area contributed by atoms with Gasteiger partial charge in [-0.2, -0.15) is 0 Å². The lowest BCUT2D eigenvalue weighted by Gasteiger charge is -2.57. The van der Waals surface area contributed by atoms with Gasteiger partial charge in [0.05, 0.1) is 7.11 Å². The molecule has 0 aromatic heterocycles. The van der Waals surface area contributed by atoms with Crippen molar-refractivity contribution in [2.45, 2.75) is 72.1 Å². The third-order valence-electron chi connectivity index (χ3n) is 9.73. The molecule has 7 heteroatoms. The number of hydrogen-bond acceptors (Lipinski definition) is 4. The van der Waals surface area contributed by atoms with E-state index in [2.05, 4.69) is 37.1 Å². The minimum Gasteiger partial charge on any atom is -0.497 e. The number of ether oxygens (including phenoxy) is 1. The number of hydrogen-bond donors (Lipinski definition) is 1. The number of nitrogens with zero attached hydrogens (tertiary/aromatic N) is 3. The van der Waals surface area contributed by atoms with Gasteiger partial charge in [-0.15, -0.1) is 0 Å². The third-order valence-corrected chi connectivity index (χ3v) is 9.73. The number of rotatable bonds is 14. The lowest BCUT2D eigenvalue weighted by atomic mass is 9.49. The molecule has 40 heavy (non-hydrogen) atoms. The van der Waals surface area contributed by atoms with E-state index in [0.717, 1.165) is 57.2 Å². The van der Waals surface area contributed by atoms with E-state index in [1.807, 2.05) is 34.1 Å². The molecule has 1 aromatic carbocycles. The number of benzene rings is 1. The number of amides is 3. The van der Waals surface area contributed by atoms with E-state index < -0.39 is 0 Å². The molecule has 3 aliphatic carbocycles. The van der Waals surface area contributed by atoms with Crippen molar-refractivity contribution in [3.63, 3.8) is 0 Å². The Hall–Kier alpha value is -2.54. The fourth-order valence-corrected chi connectivity index (χ4v) is 6.69. The Morgan fingerprint density at radius 1 is 1.02 bits per heavy atom. The van der Waals surface area contributed by atoms with Crippen LogP contribution in [0.1, 0.15) is 82.5 Å². The highest BCUT2D eigenvalue weighted by Gasteiger charge is 2.51. The van der Waals surface area contributed by atoms with Crippen molar-refractivity contribution < 1.29 is 14.3 Å². The van der Waals surface area contributed by atoms with E-state index in [1.165, 1.54) is 44.1 Å². The molecule has 2 fully saturated rings. The normalized spacial score (nSPS) is 21.8. The van der Waals surface area contributed by atoms with Crippen molar-refractivity contribution in [3.8, 4) is 5.75 Å². The first-order valence-corrected chi connectivity index (χ1v) is 15.7. The lowest BCUT2D eigenvalue weighted by Crippen LogP contribution is -2.53. The van der Waals surface area contributed by atoms with Gasteiger partial charge in [0.15, 0.2) is 0 Å². The second kappa shape index (κ2) is 14.4. The van der Waals surface area contributed by atoms with E-state index in [1.54, 1.807) is 7.11 Å². The van der Waals surface area contributed by atoms with Crippen LogP contribution in [0.4, 0.5) is 4.79 Å². The number of urea groups is 1. The average Bonchev–Trinajstić information content (AvgIpc) is 2.98. The van der Waals surface area contributed by atoms with Crippen LogP contribution in [0.25, 0.3) is 0 Å². The highest BCUT2D eigenvalue weighted by atomic mass is 16.5. The van der Waals surface area contributed by atoms with Crippen LogP contribution in [0.15, 0.2) is 35.9 Å². The Balaban J connectivity index is 1.27. The monoisotopic (exact) mass is 552 g/mol. The third kappa shape index (κ3) is 7.59. The molecule has 4 aliphatic rings. The van der Waals surface area contributed by atoms with E-state index in [4.69, 9.17) is 4.74 Å². The maximum absolute atomic E-state index is 13.4. The number of allylic oxidation sites excluding steroid dienone is 1. The molecule has 2 bridgehead atoms. The molecular weight excluding hydrogens is 500 g/mol. The summed E-state index contributed by atoms with van der Waals surface area (Å²) in [6.07, 6.45) is 12.2. The van der Waals surface area contributed by atoms with Crippen LogP contribution < -0.4 is 10.1 Å². The molecular formula is C33H52N4O3. The lowest BCUT2D eigenvalue weighted by molar-refractivity contribution is -0.00984. The van der Waals surface area contributed by atoms with Gasteiger partial charge in [0.1, 0.15) is 5.75 Å². The summed E-state index contributed by atoms with van der Waals surface area (Å²) in [6.45, 7) is 13.1. The van der Waals surface area contributed by atoms with Gasteiger partial charge in [-0.25, -0.2) is 4.79 Å². The summed E-state index contributed by atoms with van der Waals surface area (Å²) in [5.41, 5.74) is 2.51. The van der Waals surface area contributed by atoms with E-state index in [9.17, 15) is 9.59 Å². The maximum Gasteiger partial charge on any atom is 0.317 e. The van der Waals surface area contributed by atoms with Gasteiger partial charge in [0.25, 0.3) is 5.91 Å². The zero-order valence-electron chi connectivity index (χ0n) is 25.4. The van der Waals surface area contributed by atoms with Crippen molar-refractivity contribution in [3.05, 3.63) is 41.5 Å². The first kappa shape index (κ1) is 30.4. The highest BCUT2D eigenvalue weighted by Crippen LogP contribution is 2.59. The maximum atomic E-state index is 13.4. The number of carbonyl (C=O) groups excluding carboxylic acids is 2. The highest BCUT2D eigenvalue weighted by molar-refractivity contribution is 5.94. The number of nitrogens with one attached hydrogen (secondary N) is 1. The second-order valence-electron chi connectivity index (χ2n) is 12.6. The first-order valence-electron chi connectivity index (χ1n) is 15.7. The molecule has 1 saturated heterocycles. The Morgan fingerprint density at radius 3 is 2.38 bits per heavy atom. The van der Waals surface area contributed by atoms with Gasteiger partial charge in [-0.3, -0.25) is 9.69 Å². The molecule has 5 rings (SSSR count). The molecule has 1 N–H and O–H groups in total. The topological polar surface area (TPSA) is 65.1 Å². The van der Waals surface area contributed by atoms with Gasteiger partial charge in [-0.1, -0.05) is 64.5 Å². The summed E-state index contributed by atoms with van der Waals surface area (Å²) in [6, 6.07) is 7.41. The fraction of sp³-hybridized carbons (Fsp3) is 0.697. The van der Waals surface area contributed by atoms with Crippen molar-refractivity contribution in [1.82, 2.24) is 20.0 Å². The molecule has 222 valence electrons. The van der Waals surface area contributed by atoms with Gasteiger partial charge in [0, 0.05) is 57.9 Å². The van der Waals surface area contributed by atoms with Gasteiger partial charge in [0.2, 0.25) is 0 Å². The molecule has 1 heterocycles. The van der Waals surface area contributed by atoms with Crippen LogP contribution in [-0.4, -0.2) is 86.1 Å². The summed E-state index contributed by atoms with van der Waals surface area (Å²) in [5, 5.41) is 3.23. The molecule has 2 atom stereocenters. The van der Waals surface area contributed by atoms with Crippen LogP contribution in [0.2, 0.25) is 0 Å². The van der Waals surface area contributed by atoms with E-state index in [-0.39, 0.29) is 11.9 Å². The summed E-state index contributed by atoms with van der Waals surface area (Å²) < 4.78 is 5.22. The summed E-state index contributed by atoms with van der Waals surface area (Å²) in [5.74, 6) is 2.23. The Labute approximate surface area is 242 Å². The van der Waals surface area contributed by atoms with Gasteiger partial charge in [-0.05, 0) is 60.8 Å². The summed E-state index contributed by atoms with van der Waals surface area (Å²) >= 11 is 0. The molecule has 3 amide bonds. The van der Waals surface area contributed by atoms with Crippen molar-refractivity contribution in [1.29, 1.82) is 0 Å². The molecule has 1 aliphatic heterocycles. The number of methoxy groups -OCH3 is 1. The van der Waals surface area contributed by atoms with Crippen molar-refractivity contribution in [2.75, 3.05) is 59.5 Å². The molecule has 1 saturated carbocycles. The Morgan fingerprint density at radius 2 is 1.73 bits per heavy atom. The molecule has 1 aromatic rings. The standard InChI is InChI=1S/C33H52N4O3/c1-5-6-7-8-9-10-17-34-32(39)37(25-27-11-14-28-24-30(27)33(28,2)3)23-20-35-18-21-36(22-19-35)31(38)26-12-15-29(40-4)16-13-26/h11-13,15-16,28,30H,5-10,14,17-25H2,1-4H3,(H,34,39). The van der Waals surface area contributed by atoms with Crippen LogP contribution >= 0.6 is 0 Å². The molecule has 2 unspecified atom stereocenters. The van der Waals surface area contributed by atoms with Gasteiger partial charge < -0.3 is 19.9 Å². The number of fused-ring (bicyclic) bond motifs is 1. The van der Waals surface area contributed by atoms with Crippen LogP contribution in [-0.2, 0) is 0 Å². The summed E-state index contributed by atoms with van der Waals surface area (Å²) in [7, 11) is 1.63. The zero-order chi connectivity index (χ0) is 28.5. The molecule has 0 spiro atoms. The predicted molar refractivity (Wildman–Crippen MR) is 162 cm³/mol. The van der Waals surface area contributed by atoms with Crippen LogP contribution in [0.5, 0.6) is 5.75 Å². The Bertz CT molecular complexity index is 997. The molecule has 7 nitrogen and oxygen atoms in total. The number of carbonyl (C=O) groups is 2. The number of unbranched alkanes of at least 4 members (excludes halogenated alkanes) is 5. The minimum atomic E-state index is 0.0713. The predicted octanol–water partition coefficient (Wildman–Crippen LogP) is 5.82. The largest absolute Gasteiger partial charge is 0.497 e. The van der Waals surface area contributed by atoms with Crippen LogP contribution in [0.3, 0.4) is 0 Å². The first-order chi connectivity index (χ1) is 19.3. The molecule has 0 radical (unpaired) electrons. The van der Waals surface area contributed by atoms with E-state index >= 15 is 0 Å². The average molecular weight is 553 g/mol. The SMILES string of the molecule is CCCCCCCCNC(=O)N(CCN1CCN(C(=O)c2ccc(OC)cc2)CC1)CC1=CCC2CC1C2(C)C.